The van der Waals surface area contributed by atoms with Crippen LogP contribution >= 0.6 is 8.25 Å². The van der Waals surface area contributed by atoms with Gasteiger partial charge in [0.05, 0.1) is 6.54 Å². The van der Waals surface area contributed by atoms with Crippen LogP contribution in [0.25, 0.3) is 0 Å². The van der Waals surface area contributed by atoms with Gasteiger partial charge in [0.1, 0.15) is 0 Å². The Morgan fingerprint density at radius 1 is 1.42 bits per heavy atom. The summed E-state index contributed by atoms with van der Waals surface area (Å²) in [6.07, 6.45) is 0. The number of rotatable bonds is 4. The van der Waals surface area contributed by atoms with E-state index < -0.39 is 8.25 Å². The largest absolute Gasteiger partial charge is 0.713 e. The van der Waals surface area contributed by atoms with Crippen molar-refractivity contribution in [3.63, 3.8) is 0 Å². The van der Waals surface area contributed by atoms with E-state index in [0.717, 1.165) is 5.56 Å². The first-order chi connectivity index (χ1) is 5.79. The van der Waals surface area contributed by atoms with Gasteiger partial charge in [-0.3, -0.25) is 0 Å². The predicted octanol–water partition coefficient (Wildman–Crippen LogP) is 1.36. The Morgan fingerprint density at radius 2 is 2.08 bits per heavy atom. The lowest BCUT2D eigenvalue weighted by Gasteiger charge is -1.95. The third kappa shape index (κ3) is 3.55. The molecule has 5 heteroatoms. The molecule has 0 amide bonds. The van der Waals surface area contributed by atoms with Crippen molar-refractivity contribution in [3.8, 4) is 0 Å². The highest BCUT2D eigenvalue weighted by atomic mass is 31.1. The van der Waals surface area contributed by atoms with E-state index in [0.29, 0.717) is 6.54 Å². The molecule has 0 aliphatic rings. The van der Waals surface area contributed by atoms with Gasteiger partial charge < -0.3 is 0 Å². The molecule has 0 aliphatic heterocycles. The summed E-state index contributed by atoms with van der Waals surface area (Å²) >= 11 is 0. The van der Waals surface area contributed by atoms with E-state index >= 15 is 0 Å². The number of hydroxylamine groups is 1. The highest BCUT2D eigenvalue weighted by Gasteiger charge is 2.10. The molecule has 0 saturated heterocycles. The van der Waals surface area contributed by atoms with E-state index in [1.165, 1.54) is 0 Å². The van der Waals surface area contributed by atoms with Gasteiger partial charge in [0, 0.05) is 4.57 Å². The van der Waals surface area contributed by atoms with Crippen LogP contribution in [0.1, 0.15) is 5.56 Å². The van der Waals surface area contributed by atoms with Crippen molar-refractivity contribution < 1.29 is 14.1 Å². The molecule has 1 aromatic carbocycles. The first kappa shape index (κ1) is 9.29. The molecule has 0 saturated carbocycles. The van der Waals surface area contributed by atoms with Crippen LogP contribution < -0.4 is 5.48 Å². The summed E-state index contributed by atoms with van der Waals surface area (Å²) in [4.78, 5) is 8.25. The molecule has 1 rings (SSSR count). The van der Waals surface area contributed by atoms with Crippen LogP contribution in [0, 0.1) is 0 Å². The summed E-state index contributed by atoms with van der Waals surface area (Å²) in [5.41, 5.74) is 3.36. The molecule has 0 bridgehead atoms. The van der Waals surface area contributed by atoms with E-state index in [4.69, 9.17) is 4.89 Å². The van der Waals surface area contributed by atoms with E-state index in [9.17, 15) is 4.57 Å². The minimum atomic E-state index is -2.56. The lowest BCUT2D eigenvalue weighted by Crippen LogP contribution is -2.09. The molecule has 0 aromatic heterocycles. The van der Waals surface area contributed by atoms with Gasteiger partial charge in [-0.15, -0.1) is 10.4 Å². The smallest absolute Gasteiger partial charge is 0.144 e. The summed E-state index contributed by atoms with van der Waals surface area (Å²) in [5, 5.41) is 0. The van der Waals surface area contributed by atoms with Crippen molar-refractivity contribution in [1.29, 1.82) is 0 Å². The van der Waals surface area contributed by atoms with Crippen molar-refractivity contribution in [3.05, 3.63) is 35.9 Å². The molecular weight excluding hydrogens is 177 g/mol. The Balaban J connectivity index is 2.29. The van der Waals surface area contributed by atoms with Crippen molar-refractivity contribution in [1.82, 2.24) is 5.48 Å². The maximum Gasteiger partial charge on any atom is 0.713 e. The van der Waals surface area contributed by atoms with Crippen LogP contribution in [-0.4, -0.2) is 4.89 Å². The van der Waals surface area contributed by atoms with Gasteiger partial charge >= 0.3 is 8.25 Å². The molecule has 0 fully saturated rings. The molecule has 0 radical (unpaired) electrons. The monoisotopic (exact) mass is 186 g/mol. The maximum absolute atomic E-state index is 10.1. The Labute approximate surface area is 71.1 Å². The molecule has 0 aliphatic carbocycles. The van der Waals surface area contributed by atoms with Gasteiger partial charge in [0.2, 0.25) is 0 Å². The zero-order valence-electron chi connectivity index (χ0n) is 6.30. The SMILES string of the molecule is O=[P+](O)ONCc1ccccc1. The van der Waals surface area contributed by atoms with Crippen LogP contribution in [0.3, 0.4) is 0 Å². The van der Waals surface area contributed by atoms with Crippen LogP contribution in [0.5, 0.6) is 0 Å². The second kappa shape index (κ2) is 4.95. The average molecular weight is 186 g/mol. The van der Waals surface area contributed by atoms with Crippen LogP contribution in [0.2, 0.25) is 0 Å². The van der Waals surface area contributed by atoms with Gasteiger partial charge in [-0.1, -0.05) is 30.3 Å². The lowest BCUT2D eigenvalue weighted by atomic mass is 10.2. The van der Waals surface area contributed by atoms with Crippen molar-refractivity contribution in [2.45, 2.75) is 6.54 Å². The molecular formula is C7H9NO3P+. The zero-order valence-corrected chi connectivity index (χ0v) is 7.20. The second-order valence-corrected chi connectivity index (χ2v) is 2.79. The maximum atomic E-state index is 10.1. The summed E-state index contributed by atoms with van der Waals surface area (Å²) in [6, 6.07) is 9.45. The molecule has 12 heavy (non-hydrogen) atoms. The number of benzene rings is 1. The Morgan fingerprint density at radius 3 is 2.67 bits per heavy atom. The topological polar surface area (TPSA) is 58.6 Å². The van der Waals surface area contributed by atoms with Gasteiger partial charge in [-0.2, -0.15) is 0 Å². The second-order valence-electron chi connectivity index (χ2n) is 2.14. The van der Waals surface area contributed by atoms with Gasteiger partial charge in [0.25, 0.3) is 0 Å². The quantitative estimate of drug-likeness (QED) is 0.550. The van der Waals surface area contributed by atoms with Gasteiger partial charge in [0.15, 0.2) is 0 Å². The highest BCUT2D eigenvalue weighted by molar-refractivity contribution is 7.32. The van der Waals surface area contributed by atoms with Gasteiger partial charge in [-0.25, -0.2) is 0 Å². The van der Waals surface area contributed by atoms with Crippen LogP contribution in [0.4, 0.5) is 0 Å². The van der Waals surface area contributed by atoms with Crippen LogP contribution in [-0.2, 0) is 15.7 Å². The molecule has 1 unspecified atom stereocenters. The summed E-state index contributed by atoms with van der Waals surface area (Å²) < 4.78 is 14.3. The molecule has 4 nitrogen and oxygen atoms in total. The standard InChI is InChI=1S/C7H8NO3P/c9-12(10)11-8-6-7-4-2-1-3-5-7/h1-5,8H,6H2/p+1. The number of nitrogens with one attached hydrogen (secondary N) is 1. The average Bonchev–Trinajstić information content (AvgIpc) is 2.05. The highest BCUT2D eigenvalue weighted by Crippen LogP contribution is 2.11. The Bertz CT molecular complexity index is 252. The van der Waals surface area contributed by atoms with E-state index in [2.05, 4.69) is 10.1 Å². The van der Waals surface area contributed by atoms with E-state index in [-0.39, 0.29) is 0 Å². The normalized spacial score (nSPS) is 11.2. The summed E-state index contributed by atoms with van der Waals surface area (Å²) in [7, 11) is -2.56. The first-order valence-electron chi connectivity index (χ1n) is 3.39. The molecule has 0 heterocycles. The lowest BCUT2D eigenvalue weighted by molar-refractivity contribution is 0.177. The fourth-order valence-corrected chi connectivity index (χ4v) is 0.942. The van der Waals surface area contributed by atoms with Crippen molar-refractivity contribution in [2.24, 2.45) is 0 Å². The summed E-state index contributed by atoms with van der Waals surface area (Å²) in [6.45, 7) is 0.419. The molecule has 64 valence electrons. The fourth-order valence-electron chi connectivity index (χ4n) is 0.767. The van der Waals surface area contributed by atoms with Gasteiger partial charge in [-0.05, 0) is 10.2 Å². The fraction of sp³-hybridized carbons (Fsp3) is 0.143. The summed E-state index contributed by atoms with van der Waals surface area (Å²) in [5.74, 6) is 0. The first-order valence-corrected chi connectivity index (χ1v) is 4.52. The van der Waals surface area contributed by atoms with Crippen LogP contribution in [0.15, 0.2) is 30.3 Å². The van der Waals surface area contributed by atoms with Crippen molar-refractivity contribution >= 4 is 8.25 Å². The molecule has 2 N–H and O–H groups in total. The minimum Gasteiger partial charge on any atom is -0.144 e. The molecule has 1 atom stereocenters. The van der Waals surface area contributed by atoms with E-state index in [1.807, 2.05) is 30.3 Å². The molecule has 1 aromatic rings. The Kier molecular flexibility index (Phi) is 3.84. The number of hydrogen-bond donors (Lipinski definition) is 2. The Hall–Kier alpha value is -0.800. The minimum absolute atomic E-state index is 0.419. The molecule has 0 spiro atoms. The third-order valence-corrected chi connectivity index (χ3v) is 1.55. The third-order valence-electron chi connectivity index (χ3n) is 1.26. The number of hydrogen-bond acceptors (Lipinski definition) is 3. The zero-order chi connectivity index (χ0) is 8.81. The van der Waals surface area contributed by atoms with E-state index in [1.54, 1.807) is 0 Å². The predicted molar refractivity (Wildman–Crippen MR) is 44.2 cm³/mol. The van der Waals surface area contributed by atoms with Crippen molar-refractivity contribution in [2.75, 3.05) is 0 Å².